The van der Waals surface area contributed by atoms with Crippen molar-refractivity contribution < 1.29 is 18.9 Å². The van der Waals surface area contributed by atoms with Crippen molar-refractivity contribution in [2.45, 2.75) is 123 Å². The number of nitroso groups, excluding NO2 is 1. The Hall–Kier alpha value is -2.25. The standard InChI is InChI=1S/C32H60BN7O5/c1-7-24-19-25(32(24,4)5)20-26-21-44-33(45-26)28(18-22(2)3)37-30(42)27(11-9-15-35-31(34)38-39-43)36-29(41)12-8-10-23-13-16-40(6)17-14-23/h22-28H,7-21H2,1-6H3,(H,36,41)(H,37,42)(H3,34,35,38,43)/t24-,25-,26+,27-,28-/m0/s1. The predicted octanol–water partition coefficient (Wildman–Crippen LogP) is 3.79. The first-order valence-electron chi connectivity index (χ1n) is 17.4. The molecule has 45 heavy (non-hydrogen) atoms. The highest BCUT2D eigenvalue weighted by Crippen LogP contribution is 2.55. The van der Waals surface area contributed by atoms with Crippen molar-refractivity contribution in [3.8, 4) is 0 Å². The van der Waals surface area contributed by atoms with Gasteiger partial charge in [-0.3, -0.25) is 14.6 Å². The Kier molecular flexibility index (Phi) is 15.0. The number of guanidine groups is 1. The van der Waals surface area contributed by atoms with Crippen LogP contribution in [0.15, 0.2) is 10.3 Å². The third kappa shape index (κ3) is 11.8. The molecule has 5 atom stereocenters. The van der Waals surface area contributed by atoms with E-state index in [1.165, 1.54) is 25.7 Å². The van der Waals surface area contributed by atoms with Crippen LogP contribution in [-0.4, -0.2) is 81.2 Å². The average molecular weight is 634 g/mol. The lowest BCUT2D eigenvalue weighted by Gasteiger charge is -2.53. The second kappa shape index (κ2) is 18.2. The molecule has 3 aliphatic rings. The van der Waals surface area contributed by atoms with Crippen LogP contribution in [0.3, 0.4) is 0 Å². The van der Waals surface area contributed by atoms with Crippen LogP contribution in [-0.2, 0) is 18.9 Å². The molecule has 1 saturated carbocycles. The van der Waals surface area contributed by atoms with Crippen LogP contribution in [0.5, 0.6) is 0 Å². The first kappa shape index (κ1) is 37.2. The van der Waals surface area contributed by atoms with Crippen molar-refractivity contribution in [2.75, 3.05) is 33.3 Å². The number of nitrogens with one attached hydrogen (secondary N) is 3. The fourth-order valence-corrected chi connectivity index (χ4v) is 7.38. The molecule has 2 aliphatic heterocycles. The zero-order chi connectivity index (χ0) is 33.0. The molecule has 13 heteroatoms. The summed E-state index contributed by atoms with van der Waals surface area (Å²) in [5, 5.41) is 8.68. The van der Waals surface area contributed by atoms with Crippen LogP contribution < -0.4 is 21.8 Å². The zero-order valence-electron chi connectivity index (χ0n) is 28.7. The molecule has 2 saturated heterocycles. The van der Waals surface area contributed by atoms with Crippen LogP contribution >= 0.6 is 0 Å². The van der Waals surface area contributed by atoms with Crippen LogP contribution in [0, 0.1) is 34.0 Å². The second-order valence-electron chi connectivity index (χ2n) is 14.7. The van der Waals surface area contributed by atoms with Crippen LogP contribution in [0.25, 0.3) is 0 Å². The SMILES string of the molecule is CC[C@H]1C[C@@H](C[C@@H]2COB([C@H](CC(C)C)NC(=O)[C@H](CCCN=C(N)NN=O)NC(=O)CCCC3CCN(C)CC3)O2)C1(C)C. The molecule has 1 aliphatic carbocycles. The van der Waals surface area contributed by atoms with Crippen LogP contribution in [0.1, 0.15) is 105 Å². The second-order valence-corrected chi connectivity index (χ2v) is 14.7. The van der Waals surface area contributed by atoms with Gasteiger partial charge in [0.1, 0.15) is 6.04 Å². The van der Waals surface area contributed by atoms with Gasteiger partial charge in [0.2, 0.25) is 17.8 Å². The highest BCUT2D eigenvalue weighted by molar-refractivity contribution is 6.47. The number of hydrogen-bond donors (Lipinski definition) is 4. The number of piperidine rings is 1. The van der Waals surface area contributed by atoms with E-state index in [2.05, 4.69) is 72.9 Å². The summed E-state index contributed by atoms with van der Waals surface area (Å²) < 4.78 is 12.6. The van der Waals surface area contributed by atoms with E-state index in [1.54, 1.807) is 0 Å². The third-order valence-corrected chi connectivity index (χ3v) is 10.5. The number of carbonyl (C=O) groups is 2. The minimum absolute atomic E-state index is 0.0153. The Morgan fingerprint density at radius 3 is 2.51 bits per heavy atom. The number of hydrogen-bond acceptors (Lipinski definition) is 8. The Morgan fingerprint density at radius 2 is 1.87 bits per heavy atom. The highest BCUT2D eigenvalue weighted by atomic mass is 16.6. The molecule has 3 fully saturated rings. The van der Waals surface area contributed by atoms with Gasteiger partial charge in [-0.25, -0.2) is 5.43 Å². The van der Waals surface area contributed by atoms with E-state index >= 15 is 0 Å². The summed E-state index contributed by atoms with van der Waals surface area (Å²) >= 11 is 0. The molecule has 0 aromatic rings. The molecule has 5 N–H and O–H groups in total. The monoisotopic (exact) mass is 633 g/mol. The molecule has 2 amide bonds. The minimum Gasteiger partial charge on any atom is -0.407 e. The van der Waals surface area contributed by atoms with E-state index in [0.29, 0.717) is 55.5 Å². The summed E-state index contributed by atoms with van der Waals surface area (Å²) in [4.78, 5) is 43.5. The smallest absolute Gasteiger partial charge is 0.407 e. The van der Waals surface area contributed by atoms with E-state index in [-0.39, 0.29) is 36.4 Å². The van der Waals surface area contributed by atoms with Gasteiger partial charge in [0.25, 0.3) is 0 Å². The van der Waals surface area contributed by atoms with Gasteiger partial charge in [0.05, 0.1) is 23.9 Å². The summed E-state index contributed by atoms with van der Waals surface area (Å²) in [6.07, 6.45) is 9.53. The molecule has 12 nitrogen and oxygen atoms in total. The predicted molar refractivity (Wildman–Crippen MR) is 179 cm³/mol. The molecule has 2 heterocycles. The third-order valence-electron chi connectivity index (χ3n) is 10.5. The van der Waals surface area contributed by atoms with Gasteiger partial charge in [-0.1, -0.05) is 41.0 Å². The lowest BCUT2D eigenvalue weighted by molar-refractivity contribution is -0.129. The Labute approximate surface area is 271 Å². The van der Waals surface area contributed by atoms with Crippen molar-refractivity contribution in [1.82, 2.24) is 21.0 Å². The number of nitrogens with two attached hydrogens (primary N) is 1. The maximum absolute atomic E-state index is 13.7. The largest absolute Gasteiger partial charge is 0.481 e. The van der Waals surface area contributed by atoms with Crippen LogP contribution in [0.4, 0.5) is 0 Å². The summed E-state index contributed by atoms with van der Waals surface area (Å²) in [5.41, 5.74) is 7.98. The first-order chi connectivity index (χ1) is 21.4. The van der Waals surface area contributed by atoms with Gasteiger partial charge in [-0.05, 0) is 107 Å². The summed E-state index contributed by atoms with van der Waals surface area (Å²) in [6, 6.07) is -0.733. The average Bonchev–Trinajstić information content (AvgIpc) is 3.46. The summed E-state index contributed by atoms with van der Waals surface area (Å²) in [7, 11) is 1.63. The van der Waals surface area contributed by atoms with Crippen molar-refractivity contribution in [3.63, 3.8) is 0 Å². The van der Waals surface area contributed by atoms with Gasteiger partial charge in [0.15, 0.2) is 0 Å². The molecular weight excluding hydrogens is 573 g/mol. The fraction of sp³-hybridized carbons (Fsp3) is 0.906. The van der Waals surface area contributed by atoms with Crippen molar-refractivity contribution in [3.05, 3.63) is 4.91 Å². The van der Waals surface area contributed by atoms with Crippen molar-refractivity contribution in [2.24, 2.45) is 45.1 Å². The maximum Gasteiger partial charge on any atom is 0.481 e. The quantitative estimate of drug-likeness (QED) is 0.0443. The summed E-state index contributed by atoms with van der Waals surface area (Å²) in [5.74, 6) is 1.54. The molecule has 256 valence electrons. The van der Waals surface area contributed by atoms with E-state index < -0.39 is 13.2 Å². The van der Waals surface area contributed by atoms with Gasteiger partial charge >= 0.3 is 7.12 Å². The lowest BCUT2D eigenvalue weighted by atomic mass is 9.53. The van der Waals surface area contributed by atoms with E-state index in [0.717, 1.165) is 38.3 Å². The normalized spacial score (nSPS) is 25.4. The zero-order valence-corrected chi connectivity index (χ0v) is 28.7. The number of carbonyl (C=O) groups excluding carboxylic acids is 2. The first-order valence-corrected chi connectivity index (χ1v) is 17.4. The van der Waals surface area contributed by atoms with Crippen molar-refractivity contribution in [1.29, 1.82) is 0 Å². The number of amides is 2. The van der Waals surface area contributed by atoms with Crippen LogP contribution in [0.2, 0.25) is 0 Å². The number of nitrogens with zero attached hydrogens (tertiary/aromatic N) is 3. The molecule has 0 spiro atoms. The molecule has 0 bridgehead atoms. The van der Waals surface area contributed by atoms with E-state index in [1.807, 2.05) is 0 Å². The molecule has 0 aromatic heterocycles. The maximum atomic E-state index is 13.7. The van der Waals surface area contributed by atoms with E-state index in [4.69, 9.17) is 15.0 Å². The minimum atomic E-state index is -0.733. The topological polar surface area (TPSA) is 160 Å². The summed E-state index contributed by atoms with van der Waals surface area (Å²) in [6.45, 7) is 14.2. The Balaban J connectivity index is 1.57. The van der Waals surface area contributed by atoms with E-state index in [9.17, 15) is 14.5 Å². The number of aliphatic imine (C=N–C) groups is 1. The highest BCUT2D eigenvalue weighted by Gasteiger charge is 2.49. The molecule has 0 radical (unpaired) electrons. The Morgan fingerprint density at radius 1 is 1.13 bits per heavy atom. The molecular formula is C32H60BN7O5. The van der Waals surface area contributed by atoms with Gasteiger partial charge in [0, 0.05) is 13.0 Å². The van der Waals surface area contributed by atoms with Gasteiger partial charge < -0.3 is 30.6 Å². The van der Waals surface area contributed by atoms with Crippen molar-refractivity contribution >= 4 is 24.9 Å². The fourth-order valence-electron chi connectivity index (χ4n) is 7.38. The molecule has 0 unspecified atom stereocenters. The van der Waals surface area contributed by atoms with Gasteiger partial charge in [-0.15, -0.1) is 4.91 Å². The van der Waals surface area contributed by atoms with Gasteiger partial charge in [-0.2, -0.15) is 0 Å². The molecule has 3 rings (SSSR count). The molecule has 0 aromatic carbocycles. The lowest BCUT2D eigenvalue weighted by Crippen LogP contribution is -2.54. The Bertz CT molecular complexity index is 976. The number of rotatable bonds is 18. The number of likely N-dealkylation sites (tertiary alicyclic amines) is 1.